The van der Waals surface area contributed by atoms with Gasteiger partial charge in [0.05, 0.1) is 14.2 Å². The van der Waals surface area contributed by atoms with Gasteiger partial charge in [0.15, 0.2) is 11.4 Å². The predicted octanol–water partition coefficient (Wildman–Crippen LogP) is 1.51. The summed E-state index contributed by atoms with van der Waals surface area (Å²) in [5, 5.41) is 10.0. The number of hydrogen-bond donors (Lipinski definition) is 1. The second-order valence-electron chi connectivity index (χ2n) is 6.12. The zero-order chi connectivity index (χ0) is 19.0. The molecule has 0 aliphatic rings. The summed E-state index contributed by atoms with van der Waals surface area (Å²) in [5.74, 6) is -1.31. The zero-order valence-corrected chi connectivity index (χ0v) is 15.0. The minimum absolute atomic E-state index is 0.00902. The summed E-state index contributed by atoms with van der Waals surface area (Å²) in [6.45, 7) is 5.63. The molecule has 0 saturated heterocycles. The number of amides is 1. The van der Waals surface area contributed by atoms with Gasteiger partial charge in [-0.25, -0.2) is 14.4 Å². The van der Waals surface area contributed by atoms with Gasteiger partial charge >= 0.3 is 18.0 Å². The first kappa shape index (κ1) is 20.3. The van der Waals surface area contributed by atoms with E-state index in [1.807, 2.05) is 0 Å². The molecule has 0 bridgehead atoms. The molecule has 0 atom stereocenters. The van der Waals surface area contributed by atoms with Crippen molar-refractivity contribution in [2.24, 2.45) is 0 Å². The molecular formula is C16H23N3O6. The highest BCUT2D eigenvalue weighted by atomic mass is 16.6. The van der Waals surface area contributed by atoms with E-state index in [1.54, 1.807) is 20.8 Å². The van der Waals surface area contributed by atoms with Crippen molar-refractivity contribution >= 4 is 18.0 Å². The van der Waals surface area contributed by atoms with Crippen molar-refractivity contribution in [2.45, 2.75) is 39.2 Å². The van der Waals surface area contributed by atoms with Crippen molar-refractivity contribution in [3.63, 3.8) is 0 Å². The Balaban J connectivity index is 2.73. The van der Waals surface area contributed by atoms with Crippen LogP contribution in [-0.4, -0.2) is 54.6 Å². The molecule has 1 aromatic heterocycles. The summed E-state index contributed by atoms with van der Waals surface area (Å²) in [4.78, 5) is 34.9. The lowest BCUT2D eigenvalue weighted by Crippen LogP contribution is -2.33. The minimum atomic E-state index is -0.656. The second-order valence-corrected chi connectivity index (χ2v) is 6.12. The van der Waals surface area contributed by atoms with E-state index in [0.29, 0.717) is 24.9 Å². The van der Waals surface area contributed by atoms with Crippen LogP contribution in [0.15, 0.2) is 6.07 Å². The highest BCUT2D eigenvalue weighted by Crippen LogP contribution is 2.12. The normalized spacial score (nSPS) is 10.8. The fraction of sp³-hybridized carbons (Fsp3) is 0.562. The standard InChI is InChI=1S/C16H23N3O6/c1-16(2,3)25-15(22)17-8-6-7-10-9-11(13(20)23-4)18-19-12(10)14(21)24-5/h9H,6-8H2,1-5H3,(H,17,22). The number of alkyl carbamates (subject to hydrolysis) is 1. The molecule has 0 spiro atoms. The fourth-order valence-corrected chi connectivity index (χ4v) is 1.88. The number of ether oxygens (including phenoxy) is 3. The Hall–Kier alpha value is -2.71. The van der Waals surface area contributed by atoms with Gasteiger partial charge in [-0.3, -0.25) is 0 Å². The van der Waals surface area contributed by atoms with E-state index in [9.17, 15) is 14.4 Å². The number of rotatable bonds is 6. The molecule has 0 aliphatic heterocycles. The molecule has 9 heteroatoms. The van der Waals surface area contributed by atoms with Crippen LogP contribution in [0.2, 0.25) is 0 Å². The van der Waals surface area contributed by atoms with Crippen LogP contribution < -0.4 is 5.32 Å². The van der Waals surface area contributed by atoms with E-state index < -0.39 is 23.6 Å². The molecule has 1 aromatic rings. The molecule has 25 heavy (non-hydrogen) atoms. The number of nitrogens with one attached hydrogen (secondary N) is 1. The molecule has 0 unspecified atom stereocenters. The van der Waals surface area contributed by atoms with Crippen LogP contribution in [-0.2, 0) is 20.6 Å². The van der Waals surface area contributed by atoms with Crippen molar-refractivity contribution in [2.75, 3.05) is 20.8 Å². The third-order valence-corrected chi connectivity index (χ3v) is 2.94. The first-order chi connectivity index (χ1) is 11.7. The molecular weight excluding hydrogens is 330 g/mol. The number of esters is 2. The second kappa shape index (κ2) is 8.95. The first-order valence-electron chi connectivity index (χ1n) is 7.68. The molecule has 1 N–H and O–H groups in total. The van der Waals surface area contributed by atoms with Crippen LogP contribution >= 0.6 is 0 Å². The number of aromatic nitrogens is 2. The Morgan fingerprint density at radius 1 is 1.08 bits per heavy atom. The van der Waals surface area contributed by atoms with Crippen molar-refractivity contribution in [3.8, 4) is 0 Å². The van der Waals surface area contributed by atoms with Crippen molar-refractivity contribution in [3.05, 3.63) is 23.0 Å². The third kappa shape index (κ3) is 6.74. The van der Waals surface area contributed by atoms with E-state index >= 15 is 0 Å². The Labute approximate surface area is 146 Å². The van der Waals surface area contributed by atoms with Crippen LogP contribution in [0.25, 0.3) is 0 Å². The Morgan fingerprint density at radius 3 is 2.28 bits per heavy atom. The SMILES string of the molecule is COC(=O)c1cc(CCCNC(=O)OC(C)(C)C)c(C(=O)OC)nn1. The van der Waals surface area contributed by atoms with E-state index in [1.165, 1.54) is 20.3 Å². The summed E-state index contributed by atoms with van der Waals surface area (Å²) >= 11 is 0. The van der Waals surface area contributed by atoms with E-state index in [-0.39, 0.29) is 11.4 Å². The molecule has 0 aromatic carbocycles. The van der Waals surface area contributed by atoms with E-state index in [0.717, 1.165) is 0 Å². The van der Waals surface area contributed by atoms with Crippen LogP contribution in [0.4, 0.5) is 4.79 Å². The van der Waals surface area contributed by atoms with Gasteiger partial charge < -0.3 is 19.5 Å². The molecule has 1 heterocycles. The van der Waals surface area contributed by atoms with E-state index in [4.69, 9.17) is 4.74 Å². The van der Waals surface area contributed by atoms with Gasteiger partial charge in [0.25, 0.3) is 0 Å². The molecule has 1 amide bonds. The van der Waals surface area contributed by atoms with Gasteiger partial charge in [-0.1, -0.05) is 0 Å². The maximum absolute atomic E-state index is 11.8. The molecule has 138 valence electrons. The highest BCUT2D eigenvalue weighted by molar-refractivity contribution is 5.91. The number of aryl methyl sites for hydroxylation is 1. The fourth-order valence-electron chi connectivity index (χ4n) is 1.88. The molecule has 0 radical (unpaired) electrons. The number of methoxy groups -OCH3 is 2. The average molecular weight is 353 g/mol. The van der Waals surface area contributed by atoms with Gasteiger partial charge in [-0.05, 0) is 45.2 Å². The lowest BCUT2D eigenvalue weighted by atomic mass is 10.1. The van der Waals surface area contributed by atoms with Crippen LogP contribution in [0.5, 0.6) is 0 Å². The van der Waals surface area contributed by atoms with Crippen molar-refractivity contribution < 1.29 is 28.6 Å². The van der Waals surface area contributed by atoms with Gasteiger partial charge in [0, 0.05) is 6.54 Å². The summed E-state index contributed by atoms with van der Waals surface area (Å²) in [5.41, 5.74) is -0.0852. The van der Waals surface area contributed by atoms with Crippen LogP contribution in [0, 0.1) is 0 Å². The van der Waals surface area contributed by atoms with Crippen molar-refractivity contribution in [1.29, 1.82) is 0 Å². The van der Waals surface area contributed by atoms with Gasteiger partial charge in [-0.2, -0.15) is 0 Å². The number of carbonyl (C=O) groups excluding carboxylic acids is 3. The van der Waals surface area contributed by atoms with Gasteiger partial charge in [0.1, 0.15) is 5.60 Å². The number of nitrogens with zero attached hydrogens (tertiary/aromatic N) is 2. The summed E-state index contributed by atoms with van der Waals surface area (Å²) in [6, 6.07) is 1.43. The van der Waals surface area contributed by atoms with Crippen LogP contribution in [0.3, 0.4) is 0 Å². The Morgan fingerprint density at radius 2 is 1.72 bits per heavy atom. The molecule has 0 aliphatic carbocycles. The van der Waals surface area contributed by atoms with Gasteiger partial charge in [0.2, 0.25) is 0 Å². The minimum Gasteiger partial charge on any atom is -0.464 e. The molecule has 0 fully saturated rings. The maximum Gasteiger partial charge on any atom is 0.407 e. The maximum atomic E-state index is 11.8. The third-order valence-electron chi connectivity index (χ3n) is 2.94. The van der Waals surface area contributed by atoms with Crippen LogP contribution in [0.1, 0.15) is 53.7 Å². The lowest BCUT2D eigenvalue weighted by Gasteiger charge is -2.19. The number of carbonyl (C=O) groups is 3. The first-order valence-corrected chi connectivity index (χ1v) is 7.68. The molecule has 9 nitrogen and oxygen atoms in total. The number of hydrogen-bond acceptors (Lipinski definition) is 8. The largest absolute Gasteiger partial charge is 0.464 e. The zero-order valence-electron chi connectivity index (χ0n) is 15.0. The average Bonchev–Trinajstić information content (AvgIpc) is 2.55. The van der Waals surface area contributed by atoms with Crippen molar-refractivity contribution in [1.82, 2.24) is 15.5 Å². The lowest BCUT2D eigenvalue weighted by molar-refractivity contribution is 0.0524. The van der Waals surface area contributed by atoms with E-state index in [2.05, 4.69) is 25.0 Å². The molecule has 0 saturated carbocycles. The summed E-state index contributed by atoms with van der Waals surface area (Å²) in [6.07, 6.45) is 0.346. The Bertz CT molecular complexity index is 639. The monoisotopic (exact) mass is 353 g/mol. The molecule has 1 rings (SSSR count). The van der Waals surface area contributed by atoms with Gasteiger partial charge in [-0.15, -0.1) is 10.2 Å². The summed E-state index contributed by atoms with van der Waals surface area (Å²) < 4.78 is 14.4. The Kier molecular flexibility index (Phi) is 7.28. The predicted molar refractivity (Wildman–Crippen MR) is 87.3 cm³/mol. The quantitative estimate of drug-likeness (QED) is 0.465. The highest BCUT2D eigenvalue weighted by Gasteiger charge is 2.19. The summed E-state index contributed by atoms with van der Waals surface area (Å²) in [7, 11) is 2.45. The topological polar surface area (TPSA) is 117 Å². The smallest absolute Gasteiger partial charge is 0.407 e.